The van der Waals surface area contributed by atoms with E-state index in [1.807, 2.05) is 33.9 Å². The van der Waals surface area contributed by atoms with Crippen LogP contribution in [0.5, 0.6) is 0 Å². The molecule has 3 fully saturated rings. The highest BCUT2D eigenvalue weighted by atomic mass is 31.2. The summed E-state index contributed by atoms with van der Waals surface area (Å²) in [5.74, 6) is 0. The Morgan fingerprint density at radius 1 is 0.909 bits per heavy atom. The topological polar surface area (TPSA) is 139 Å². The van der Waals surface area contributed by atoms with Crippen LogP contribution in [0, 0.1) is 0 Å². The molecule has 0 aromatic rings. The minimum atomic E-state index is -4.72. The predicted molar refractivity (Wildman–Crippen MR) is 117 cm³/mol. The second kappa shape index (κ2) is 9.61. The lowest BCUT2D eigenvalue weighted by Gasteiger charge is -2.40. The maximum Gasteiger partial charge on any atom is 0.472 e. The van der Waals surface area contributed by atoms with Crippen LogP contribution in [-0.2, 0) is 41.1 Å². The third kappa shape index (κ3) is 6.33. The summed E-state index contributed by atoms with van der Waals surface area (Å²) in [6.45, 7) is 12.1. The number of ether oxygens (including phenoxy) is 2. The maximum absolute atomic E-state index is 14.7. The van der Waals surface area contributed by atoms with Crippen LogP contribution in [0.3, 0.4) is 0 Å². The Morgan fingerprint density at radius 3 is 1.94 bits per heavy atom. The first kappa shape index (κ1) is 27.8. The molecule has 0 aliphatic carbocycles. The van der Waals surface area contributed by atoms with Gasteiger partial charge in [-0.2, -0.15) is 0 Å². The van der Waals surface area contributed by atoms with E-state index in [0.717, 1.165) is 0 Å². The molecule has 10 unspecified atom stereocenters. The van der Waals surface area contributed by atoms with Gasteiger partial charge in [-0.3, -0.25) is 18.1 Å². The van der Waals surface area contributed by atoms with E-state index < -0.39 is 86.1 Å². The first-order valence-electron chi connectivity index (χ1n) is 10.9. The van der Waals surface area contributed by atoms with Crippen molar-refractivity contribution in [2.45, 2.75) is 102 Å². The van der Waals surface area contributed by atoms with E-state index in [9.17, 15) is 23.3 Å². The maximum atomic E-state index is 14.7. The quantitative estimate of drug-likeness (QED) is 0.397. The Kier molecular flexibility index (Phi) is 8.10. The summed E-state index contributed by atoms with van der Waals surface area (Å²) in [5.41, 5.74) is 0. The summed E-state index contributed by atoms with van der Waals surface area (Å²) >= 11 is 0. The van der Waals surface area contributed by atoms with Crippen molar-refractivity contribution in [2.75, 3.05) is 13.2 Å². The van der Waals surface area contributed by atoms with E-state index in [4.69, 9.17) is 32.0 Å². The summed E-state index contributed by atoms with van der Waals surface area (Å²) in [7, 11) is -11.8. The number of halogens is 1. The zero-order valence-corrected chi connectivity index (χ0v) is 22.7. The van der Waals surface area contributed by atoms with Gasteiger partial charge in [0.15, 0.2) is 14.5 Å². The van der Waals surface area contributed by atoms with E-state index in [2.05, 4.69) is 0 Å². The smallest absolute Gasteiger partial charge is 0.409 e. The first-order valence-corrected chi connectivity index (χ1v) is 16.8. The van der Waals surface area contributed by atoms with Gasteiger partial charge in [-0.25, -0.2) is 13.5 Å². The summed E-state index contributed by atoms with van der Waals surface area (Å²) in [4.78, 5) is 20.5. The minimum Gasteiger partial charge on any atom is -0.409 e. The van der Waals surface area contributed by atoms with Crippen molar-refractivity contribution in [1.82, 2.24) is 0 Å². The number of rotatable bonds is 2. The lowest BCUT2D eigenvalue weighted by atomic mass is 10.1. The van der Waals surface area contributed by atoms with Crippen molar-refractivity contribution < 1.29 is 55.3 Å². The van der Waals surface area contributed by atoms with Crippen LogP contribution in [0.4, 0.5) is 4.39 Å². The van der Waals surface area contributed by atoms with Crippen LogP contribution < -0.4 is 0 Å². The lowest BCUT2D eigenvalue weighted by Crippen LogP contribution is -2.49. The van der Waals surface area contributed by atoms with Gasteiger partial charge in [0, 0.05) is 0 Å². The molecule has 15 heteroatoms. The molecule has 3 saturated heterocycles. The van der Waals surface area contributed by atoms with Gasteiger partial charge in [-0.1, -0.05) is 20.8 Å². The molecule has 2 N–H and O–H groups in total. The summed E-state index contributed by atoms with van der Waals surface area (Å²) < 4.78 is 78.2. The van der Waals surface area contributed by atoms with E-state index in [0.29, 0.717) is 0 Å². The van der Waals surface area contributed by atoms with Crippen molar-refractivity contribution in [3.8, 4) is 0 Å². The van der Waals surface area contributed by atoms with Gasteiger partial charge in [-0.05, 0) is 32.0 Å². The molecule has 11 nitrogen and oxygen atoms in total. The highest BCUT2D eigenvalue weighted by Gasteiger charge is 2.54. The Balaban J connectivity index is 1.89. The Hall–Kier alpha value is 0.247. The van der Waals surface area contributed by atoms with Gasteiger partial charge in [0.05, 0.1) is 25.4 Å². The molecular formula is C18H35FO11P2Si. The molecule has 3 aliphatic heterocycles. The molecule has 3 heterocycles. The normalized spacial score (nSPS) is 47.9. The van der Waals surface area contributed by atoms with Crippen molar-refractivity contribution in [3.63, 3.8) is 0 Å². The van der Waals surface area contributed by atoms with Crippen molar-refractivity contribution >= 4 is 24.0 Å². The van der Waals surface area contributed by atoms with Gasteiger partial charge in [0.25, 0.3) is 0 Å². The molecule has 194 valence electrons. The van der Waals surface area contributed by atoms with Crippen molar-refractivity contribution in [2.24, 2.45) is 0 Å². The zero-order valence-electron chi connectivity index (χ0n) is 19.9. The third-order valence-electron chi connectivity index (χ3n) is 6.61. The molecule has 10 atom stereocenters. The predicted octanol–water partition coefficient (Wildman–Crippen LogP) is 3.31. The fourth-order valence-electron chi connectivity index (χ4n) is 3.73. The molecule has 2 bridgehead atoms. The molecule has 0 aromatic carbocycles. The number of phosphoric acid groups is 2. The summed E-state index contributed by atoms with van der Waals surface area (Å²) in [6, 6.07) is 0. The van der Waals surface area contributed by atoms with Gasteiger partial charge in [0.1, 0.15) is 30.5 Å². The van der Waals surface area contributed by atoms with Crippen LogP contribution in [-0.4, -0.2) is 80.2 Å². The average molecular weight is 536 g/mol. The summed E-state index contributed by atoms with van der Waals surface area (Å²) in [6.07, 6.45) is -9.12. The Labute approximate surface area is 194 Å². The molecule has 3 rings (SSSR count). The van der Waals surface area contributed by atoms with Crippen LogP contribution >= 0.6 is 15.6 Å². The van der Waals surface area contributed by atoms with Gasteiger partial charge in [0.2, 0.25) is 0 Å². The fourth-order valence-corrected chi connectivity index (χ4v) is 7.04. The number of hydrogen-bond donors (Lipinski definition) is 2. The van der Waals surface area contributed by atoms with Crippen LogP contribution in [0.1, 0.15) is 34.6 Å². The molecule has 0 radical (unpaired) electrons. The number of alkyl halides is 1. The van der Waals surface area contributed by atoms with Crippen LogP contribution in [0.25, 0.3) is 0 Å². The highest BCUT2D eigenvalue weighted by Crippen LogP contribution is 2.53. The number of phosphoric ester groups is 2. The van der Waals surface area contributed by atoms with Gasteiger partial charge < -0.3 is 23.7 Å². The van der Waals surface area contributed by atoms with Crippen molar-refractivity contribution in [1.29, 1.82) is 0 Å². The Bertz CT molecular complexity index is 809. The summed E-state index contributed by atoms with van der Waals surface area (Å²) in [5, 5.41) is -0.179. The van der Waals surface area contributed by atoms with Crippen molar-refractivity contribution in [3.05, 3.63) is 0 Å². The number of fused-ring (bicyclic) bond motifs is 3. The average Bonchev–Trinajstić information content (AvgIpc) is 3.07. The molecule has 3 aliphatic rings. The molecule has 0 aromatic heterocycles. The van der Waals surface area contributed by atoms with E-state index in [1.165, 1.54) is 6.92 Å². The molecule has 0 amide bonds. The third-order valence-corrected chi connectivity index (χ3v) is 13.1. The first-order chi connectivity index (χ1) is 14.9. The lowest BCUT2D eigenvalue weighted by molar-refractivity contribution is -0.0387. The molecular weight excluding hydrogens is 501 g/mol. The van der Waals surface area contributed by atoms with Gasteiger partial charge in [-0.15, -0.1) is 0 Å². The fraction of sp³-hybridized carbons (Fsp3) is 1.00. The molecule has 0 spiro atoms. The SMILES string of the molecule is CC1OC2COP(=O)(O)OC3C(COP(=O)(O)OC1C2F)OC(C)C3O[Si](C)(C)C(C)(C)C. The Morgan fingerprint density at radius 2 is 1.39 bits per heavy atom. The van der Waals surface area contributed by atoms with Crippen LogP contribution in [0.15, 0.2) is 0 Å². The minimum absolute atomic E-state index is 0.179. The van der Waals surface area contributed by atoms with E-state index >= 15 is 0 Å². The standard InChI is InChI=1S/C18H35FO11P2Si/c1-10-15-14(19)12(26-10)8-24-32(22,23)29-17-13(9-25-31(20,21)28-15)27-11(2)16(17)30-33(6,7)18(3,4)5/h10-17H,8-9H2,1-7H3,(H,20,21)(H,22,23). The molecule has 33 heavy (non-hydrogen) atoms. The second-order valence-corrected chi connectivity index (χ2v) is 17.8. The monoisotopic (exact) mass is 536 g/mol. The van der Waals surface area contributed by atoms with Crippen LogP contribution in [0.2, 0.25) is 18.1 Å². The second-order valence-electron chi connectivity index (χ2n) is 10.2. The zero-order chi connectivity index (χ0) is 25.0. The molecule has 0 saturated carbocycles. The van der Waals surface area contributed by atoms with E-state index in [1.54, 1.807) is 6.92 Å². The van der Waals surface area contributed by atoms with Gasteiger partial charge >= 0.3 is 15.6 Å². The largest absolute Gasteiger partial charge is 0.472 e. The highest BCUT2D eigenvalue weighted by molar-refractivity contribution is 7.47. The van der Waals surface area contributed by atoms with E-state index in [-0.39, 0.29) is 5.04 Å². The number of hydrogen-bond acceptors (Lipinski definition) is 9.